The average molecular weight is 185 g/mol. The van der Waals surface area contributed by atoms with Crippen LogP contribution in [0.5, 0.6) is 0 Å². The summed E-state index contributed by atoms with van der Waals surface area (Å²) in [5.74, 6) is 0.831. The standard InChI is InChI=1S/C12H27N/c1-6-10(7-2)8-11(13)9-12(3,4)5/h10-11H,6-9,13H2,1-5H3. The fraction of sp³-hybridized carbons (Fsp3) is 1.00. The zero-order chi connectivity index (χ0) is 10.5. The van der Waals surface area contributed by atoms with Crippen LogP contribution in [0.25, 0.3) is 0 Å². The molecule has 1 atom stereocenters. The molecule has 0 heterocycles. The van der Waals surface area contributed by atoms with E-state index in [2.05, 4.69) is 34.6 Å². The molecule has 0 bridgehead atoms. The second-order valence-electron chi connectivity index (χ2n) is 5.44. The van der Waals surface area contributed by atoms with Gasteiger partial charge in [-0.25, -0.2) is 0 Å². The molecule has 80 valence electrons. The summed E-state index contributed by atoms with van der Waals surface area (Å²) in [5, 5.41) is 0. The van der Waals surface area contributed by atoms with Crippen molar-refractivity contribution in [2.24, 2.45) is 17.1 Å². The number of nitrogens with two attached hydrogens (primary N) is 1. The molecule has 0 aliphatic heterocycles. The third kappa shape index (κ3) is 7.06. The summed E-state index contributed by atoms with van der Waals surface area (Å²) >= 11 is 0. The van der Waals surface area contributed by atoms with E-state index in [4.69, 9.17) is 5.73 Å². The summed E-state index contributed by atoms with van der Waals surface area (Å²) < 4.78 is 0. The Morgan fingerprint density at radius 1 is 1.08 bits per heavy atom. The van der Waals surface area contributed by atoms with Crippen LogP contribution in [-0.4, -0.2) is 6.04 Å². The van der Waals surface area contributed by atoms with Crippen molar-refractivity contribution in [3.05, 3.63) is 0 Å². The first-order chi connectivity index (χ1) is 5.89. The largest absolute Gasteiger partial charge is 0.328 e. The molecule has 1 unspecified atom stereocenters. The van der Waals surface area contributed by atoms with Gasteiger partial charge in [0.05, 0.1) is 0 Å². The highest BCUT2D eigenvalue weighted by Gasteiger charge is 2.17. The molecule has 0 fully saturated rings. The number of rotatable bonds is 5. The van der Waals surface area contributed by atoms with E-state index < -0.39 is 0 Å². The van der Waals surface area contributed by atoms with E-state index in [0.29, 0.717) is 11.5 Å². The zero-order valence-corrected chi connectivity index (χ0v) is 10.1. The molecule has 2 N–H and O–H groups in total. The Morgan fingerprint density at radius 2 is 1.54 bits per heavy atom. The van der Waals surface area contributed by atoms with E-state index in [1.165, 1.54) is 19.3 Å². The predicted octanol–water partition coefficient (Wildman–Crippen LogP) is 3.58. The lowest BCUT2D eigenvalue weighted by Gasteiger charge is -2.25. The molecule has 0 radical (unpaired) electrons. The van der Waals surface area contributed by atoms with Crippen LogP contribution in [0.2, 0.25) is 0 Å². The second kappa shape index (κ2) is 5.64. The topological polar surface area (TPSA) is 26.0 Å². The molecule has 0 aliphatic rings. The highest BCUT2D eigenvalue weighted by atomic mass is 14.6. The first-order valence-corrected chi connectivity index (χ1v) is 5.64. The molecule has 0 aromatic carbocycles. The second-order valence-corrected chi connectivity index (χ2v) is 5.44. The third-order valence-electron chi connectivity index (χ3n) is 2.67. The molecule has 1 nitrogen and oxygen atoms in total. The molecule has 13 heavy (non-hydrogen) atoms. The molecule has 0 rings (SSSR count). The van der Waals surface area contributed by atoms with E-state index in [9.17, 15) is 0 Å². The maximum atomic E-state index is 6.11. The van der Waals surface area contributed by atoms with Crippen molar-refractivity contribution >= 4 is 0 Å². The zero-order valence-electron chi connectivity index (χ0n) is 10.1. The van der Waals surface area contributed by atoms with Crippen LogP contribution in [-0.2, 0) is 0 Å². The van der Waals surface area contributed by atoms with Gasteiger partial charge >= 0.3 is 0 Å². The van der Waals surface area contributed by atoms with Gasteiger partial charge in [0.15, 0.2) is 0 Å². The SMILES string of the molecule is CCC(CC)CC(N)CC(C)(C)C. The van der Waals surface area contributed by atoms with E-state index in [0.717, 1.165) is 12.3 Å². The maximum absolute atomic E-state index is 6.11. The maximum Gasteiger partial charge on any atom is 0.00464 e. The Hall–Kier alpha value is -0.0400. The van der Waals surface area contributed by atoms with Crippen molar-refractivity contribution in [2.45, 2.75) is 66.3 Å². The summed E-state index contributed by atoms with van der Waals surface area (Å²) in [6, 6.07) is 0.393. The highest BCUT2D eigenvalue weighted by molar-refractivity contribution is 4.73. The normalized spacial score (nSPS) is 15.0. The van der Waals surface area contributed by atoms with Gasteiger partial charge in [0.2, 0.25) is 0 Å². The van der Waals surface area contributed by atoms with Gasteiger partial charge in [0, 0.05) is 6.04 Å². The van der Waals surface area contributed by atoms with Crippen molar-refractivity contribution in [3.63, 3.8) is 0 Å². The Morgan fingerprint density at radius 3 is 1.85 bits per heavy atom. The van der Waals surface area contributed by atoms with Crippen molar-refractivity contribution in [1.29, 1.82) is 0 Å². The highest BCUT2D eigenvalue weighted by Crippen LogP contribution is 2.24. The van der Waals surface area contributed by atoms with Crippen LogP contribution < -0.4 is 5.73 Å². The third-order valence-corrected chi connectivity index (χ3v) is 2.67. The average Bonchev–Trinajstić information content (AvgIpc) is 1.96. The number of hydrogen-bond acceptors (Lipinski definition) is 1. The minimum atomic E-state index is 0.380. The molecule has 0 amide bonds. The molecule has 0 saturated heterocycles. The lowest BCUT2D eigenvalue weighted by atomic mass is 9.84. The minimum absolute atomic E-state index is 0.380. The van der Waals surface area contributed by atoms with Gasteiger partial charge in [-0.1, -0.05) is 47.5 Å². The van der Waals surface area contributed by atoms with Crippen molar-refractivity contribution in [2.75, 3.05) is 0 Å². The molecule has 0 aliphatic carbocycles. The Balaban J connectivity index is 3.79. The van der Waals surface area contributed by atoms with Crippen molar-refractivity contribution < 1.29 is 0 Å². The van der Waals surface area contributed by atoms with E-state index in [1.54, 1.807) is 0 Å². The van der Waals surface area contributed by atoms with Gasteiger partial charge in [-0.3, -0.25) is 0 Å². The van der Waals surface area contributed by atoms with Crippen LogP contribution in [0.1, 0.15) is 60.3 Å². The van der Waals surface area contributed by atoms with Crippen LogP contribution in [0.4, 0.5) is 0 Å². The first kappa shape index (κ1) is 13.0. The van der Waals surface area contributed by atoms with Gasteiger partial charge in [0.1, 0.15) is 0 Å². The lowest BCUT2D eigenvalue weighted by molar-refractivity contribution is 0.299. The van der Waals surface area contributed by atoms with E-state index >= 15 is 0 Å². The quantitative estimate of drug-likeness (QED) is 0.696. The van der Waals surface area contributed by atoms with Crippen LogP contribution in [0.3, 0.4) is 0 Å². The van der Waals surface area contributed by atoms with E-state index in [-0.39, 0.29) is 0 Å². The lowest BCUT2D eigenvalue weighted by Crippen LogP contribution is -2.28. The Labute approximate surface area is 84.1 Å². The Bertz CT molecular complexity index is 120. The molecule has 0 saturated carbocycles. The predicted molar refractivity (Wildman–Crippen MR) is 60.7 cm³/mol. The van der Waals surface area contributed by atoms with Crippen LogP contribution >= 0.6 is 0 Å². The molecule has 0 aromatic rings. The smallest absolute Gasteiger partial charge is 0.00464 e. The first-order valence-electron chi connectivity index (χ1n) is 5.64. The van der Waals surface area contributed by atoms with Gasteiger partial charge in [-0.05, 0) is 24.2 Å². The van der Waals surface area contributed by atoms with Gasteiger partial charge in [-0.2, -0.15) is 0 Å². The molecule has 0 spiro atoms. The summed E-state index contributed by atoms with van der Waals surface area (Å²) in [4.78, 5) is 0. The van der Waals surface area contributed by atoms with Gasteiger partial charge in [-0.15, -0.1) is 0 Å². The number of hydrogen-bond donors (Lipinski definition) is 1. The summed E-state index contributed by atoms with van der Waals surface area (Å²) in [6.45, 7) is 11.3. The molecular weight excluding hydrogens is 158 g/mol. The van der Waals surface area contributed by atoms with Crippen LogP contribution in [0, 0.1) is 11.3 Å². The fourth-order valence-electron chi connectivity index (χ4n) is 1.92. The molecule has 1 heteroatoms. The summed E-state index contributed by atoms with van der Waals surface area (Å²) in [6.07, 6.45) is 4.89. The minimum Gasteiger partial charge on any atom is -0.328 e. The van der Waals surface area contributed by atoms with Crippen molar-refractivity contribution in [1.82, 2.24) is 0 Å². The molecule has 0 aromatic heterocycles. The van der Waals surface area contributed by atoms with Gasteiger partial charge in [0.25, 0.3) is 0 Å². The molecular formula is C12H27N. The summed E-state index contributed by atoms with van der Waals surface area (Å²) in [7, 11) is 0. The van der Waals surface area contributed by atoms with Gasteiger partial charge < -0.3 is 5.73 Å². The summed E-state index contributed by atoms with van der Waals surface area (Å²) in [5.41, 5.74) is 6.49. The fourth-order valence-corrected chi connectivity index (χ4v) is 1.92. The van der Waals surface area contributed by atoms with Crippen molar-refractivity contribution in [3.8, 4) is 0 Å². The monoisotopic (exact) mass is 185 g/mol. The van der Waals surface area contributed by atoms with Crippen LogP contribution in [0.15, 0.2) is 0 Å². The Kier molecular flexibility index (Phi) is 5.62. The van der Waals surface area contributed by atoms with E-state index in [1.807, 2.05) is 0 Å².